The van der Waals surface area contributed by atoms with Gasteiger partial charge in [-0.2, -0.15) is 0 Å². The third kappa shape index (κ3) is 5.14. The second-order valence-corrected chi connectivity index (χ2v) is 6.88. The molecule has 24 heavy (non-hydrogen) atoms. The van der Waals surface area contributed by atoms with Crippen LogP contribution in [0.25, 0.3) is 6.08 Å². The van der Waals surface area contributed by atoms with Gasteiger partial charge in [-0.3, -0.25) is 14.5 Å². The van der Waals surface area contributed by atoms with Gasteiger partial charge in [0.25, 0.3) is 5.91 Å². The first-order valence-corrected chi connectivity index (χ1v) is 8.90. The fourth-order valence-electron chi connectivity index (χ4n) is 2.07. The largest absolute Gasteiger partial charge is 0.466 e. The number of hydrogen-bond acceptors (Lipinski definition) is 5. The highest BCUT2D eigenvalue weighted by Gasteiger charge is 2.31. The molecule has 0 radical (unpaired) electrons. The smallest absolute Gasteiger partial charge is 0.305 e. The molecule has 1 aromatic rings. The van der Waals surface area contributed by atoms with Crippen LogP contribution in [0.1, 0.15) is 31.7 Å². The summed E-state index contributed by atoms with van der Waals surface area (Å²) >= 11 is 6.44. The van der Waals surface area contributed by atoms with E-state index in [2.05, 4.69) is 0 Å². The normalized spacial score (nSPS) is 16.1. The van der Waals surface area contributed by atoms with Crippen LogP contribution in [0.2, 0.25) is 0 Å². The number of thiocarbonyl (C=S) groups is 1. The van der Waals surface area contributed by atoms with Crippen LogP contribution >= 0.6 is 24.0 Å². The molecule has 4 nitrogen and oxygen atoms in total. The molecule has 0 spiro atoms. The Bertz CT molecular complexity index is 658. The highest BCUT2D eigenvalue weighted by molar-refractivity contribution is 8.26. The Morgan fingerprint density at radius 2 is 2.08 bits per heavy atom. The van der Waals surface area contributed by atoms with Crippen LogP contribution in [0, 0.1) is 5.82 Å². The van der Waals surface area contributed by atoms with Gasteiger partial charge in [-0.1, -0.05) is 43.0 Å². The predicted octanol–water partition coefficient (Wildman–Crippen LogP) is 3.76. The van der Waals surface area contributed by atoms with Crippen molar-refractivity contribution in [2.45, 2.75) is 26.2 Å². The molecule has 0 aromatic heterocycles. The van der Waals surface area contributed by atoms with Crippen molar-refractivity contribution >= 4 is 46.3 Å². The average molecular weight is 367 g/mol. The van der Waals surface area contributed by atoms with Crippen LogP contribution in [0.15, 0.2) is 29.2 Å². The summed E-state index contributed by atoms with van der Waals surface area (Å²) in [6.45, 7) is 2.73. The number of carbonyl (C=O) groups is 2. The molecule has 1 aliphatic rings. The SMILES string of the molecule is CCCOC(=O)CCCN1C(=O)/C(=C\c2ccc(F)cc2)SC1=S. The highest BCUT2D eigenvalue weighted by atomic mass is 32.2. The number of esters is 1. The molecular formula is C17H18FNO3S2. The minimum absolute atomic E-state index is 0.184. The Morgan fingerprint density at radius 1 is 1.38 bits per heavy atom. The number of carbonyl (C=O) groups excluding carboxylic acids is 2. The van der Waals surface area contributed by atoms with E-state index in [9.17, 15) is 14.0 Å². The molecule has 1 fully saturated rings. The number of amides is 1. The molecular weight excluding hydrogens is 349 g/mol. The Balaban J connectivity index is 1.91. The highest BCUT2D eigenvalue weighted by Crippen LogP contribution is 2.32. The second kappa shape index (κ2) is 8.94. The van der Waals surface area contributed by atoms with Gasteiger partial charge in [-0.25, -0.2) is 4.39 Å². The van der Waals surface area contributed by atoms with E-state index in [1.165, 1.54) is 28.8 Å². The monoisotopic (exact) mass is 367 g/mol. The quantitative estimate of drug-likeness (QED) is 0.417. The summed E-state index contributed by atoms with van der Waals surface area (Å²) in [7, 11) is 0. The molecule has 0 unspecified atom stereocenters. The number of hydrogen-bond donors (Lipinski definition) is 0. The summed E-state index contributed by atoms with van der Waals surface area (Å²) in [5, 5.41) is 0. The van der Waals surface area contributed by atoms with E-state index in [4.69, 9.17) is 17.0 Å². The van der Waals surface area contributed by atoms with Gasteiger partial charge in [-0.05, 0) is 36.6 Å². The fourth-order valence-corrected chi connectivity index (χ4v) is 3.38. The first-order valence-electron chi connectivity index (χ1n) is 7.68. The summed E-state index contributed by atoms with van der Waals surface area (Å²) in [6.07, 6.45) is 3.23. The maximum Gasteiger partial charge on any atom is 0.305 e. The number of rotatable bonds is 7. The van der Waals surface area contributed by atoms with Crippen molar-refractivity contribution in [1.29, 1.82) is 0 Å². The van der Waals surface area contributed by atoms with Crippen LogP contribution in [0.3, 0.4) is 0 Å². The van der Waals surface area contributed by atoms with Crippen molar-refractivity contribution in [3.63, 3.8) is 0 Å². The van der Waals surface area contributed by atoms with E-state index < -0.39 is 0 Å². The molecule has 0 N–H and O–H groups in total. The number of halogens is 1. The zero-order valence-corrected chi connectivity index (χ0v) is 14.9. The first-order chi connectivity index (χ1) is 11.5. The molecule has 1 aromatic carbocycles. The summed E-state index contributed by atoms with van der Waals surface area (Å²) in [5.74, 6) is -0.768. The van der Waals surface area contributed by atoms with Crippen LogP contribution in [0.4, 0.5) is 4.39 Å². The topological polar surface area (TPSA) is 46.6 Å². The zero-order chi connectivity index (χ0) is 17.5. The Morgan fingerprint density at radius 3 is 2.75 bits per heavy atom. The number of benzene rings is 1. The van der Waals surface area contributed by atoms with Crippen molar-refractivity contribution < 1.29 is 18.7 Å². The summed E-state index contributed by atoms with van der Waals surface area (Å²) in [4.78, 5) is 25.8. The van der Waals surface area contributed by atoms with Crippen LogP contribution < -0.4 is 0 Å². The predicted molar refractivity (Wildman–Crippen MR) is 96.8 cm³/mol. The second-order valence-electron chi connectivity index (χ2n) is 5.21. The van der Waals surface area contributed by atoms with Crippen LogP contribution in [-0.2, 0) is 14.3 Å². The lowest BCUT2D eigenvalue weighted by Crippen LogP contribution is -2.29. The van der Waals surface area contributed by atoms with Crippen molar-refractivity contribution in [3.05, 3.63) is 40.6 Å². The maximum absolute atomic E-state index is 12.9. The minimum Gasteiger partial charge on any atom is -0.466 e. The molecule has 0 aliphatic carbocycles. The molecule has 128 valence electrons. The molecule has 0 bridgehead atoms. The van der Waals surface area contributed by atoms with Crippen LogP contribution in [-0.4, -0.2) is 34.2 Å². The van der Waals surface area contributed by atoms with Crippen molar-refractivity contribution in [2.75, 3.05) is 13.2 Å². The number of thioether (sulfide) groups is 1. The fraction of sp³-hybridized carbons (Fsp3) is 0.353. The van der Waals surface area contributed by atoms with Gasteiger partial charge in [0.05, 0.1) is 11.5 Å². The molecule has 0 saturated carbocycles. The first kappa shape index (κ1) is 18.6. The van der Waals surface area contributed by atoms with Gasteiger partial charge >= 0.3 is 5.97 Å². The van der Waals surface area contributed by atoms with E-state index in [1.54, 1.807) is 18.2 Å². The Hall–Kier alpha value is -1.73. The molecule has 7 heteroatoms. The van der Waals surface area contributed by atoms with Gasteiger partial charge in [0.1, 0.15) is 10.1 Å². The lowest BCUT2D eigenvalue weighted by molar-refractivity contribution is -0.144. The summed E-state index contributed by atoms with van der Waals surface area (Å²) in [5.41, 5.74) is 0.736. The third-order valence-corrected chi connectivity index (χ3v) is 4.65. The minimum atomic E-state index is -0.324. The van der Waals surface area contributed by atoms with Gasteiger partial charge in [0, 0.05) is 13.0 Å². The molecule has 0 atom stereocenters. The molecule has 1 heterocycles. The lowest BCUT2D eigenvalue weighted by atomic mass is 10.2. The zero-order valence-electron chi connectivity index (χ0n) is 13.3. The number of ether oxygens (including phenoxy) is 1. The Kier molecular flexibility index (Phi) is 6.93. The summed E-state index contributed by atoms with van der Waals surface area (Å²) in [6, 6.07) is 5.89. The molecule has 1 saturated heterocycles. The third-order valence-electron chi connectivity index (χ3n) is 3.27. The lowest BCUT2D eigenvalue weighted by Gasteiger charge is -2.13. The van der Waals surface area contributed by atoms with E-state index in [0.717, 1.165) is 12.0 Å². The standard InChI is InChI=1S/C17H18FNO3S2/c1-2-10-22-15(20)4-3-9-19-16(21)14(24-17(19)23)11-12-5-7-13(18)8-6-12/h5-8,11H,2-4,9-10H2,1H3/b14-11+. The van der Waals surface area contributed by atoms with Crippen molar-refractivity contribution in [1.82, 2.24) is 4.90 Å². The van der Waals surface area contributed by atoms with Crippen molar-refractivity contribution in [2.24, 2.45) is 0 Å². The molecule has 1 aliphatic heterocycles. The average Bonchev–Trinajstić information content (AvgIpc) is 2.82. The van der Waals surface area contributed by atoms with Gasteiger partial charge in [-0.15, -0.1) is 0 Å². The maximum atomic E-state index is 12.9. The van der Waals surface area contributed by atoms with E-state index in [0.29, 0.717) is 28.8 Å². The van der Waals surface area contributed by atoms with Gasteiger partial charge in [0.15, 0.2) is 0 Å². The summed E-state index contributed by atoms with van der Waals surface area (Å²) < 4.78 is 18.4. The van der Waals surface area contributed by atoms with E-state index >= 15 is 0 Å². The Labute approximate surface area is 150 Å². The van der Waals surface area contributed by atoms with E-state index in [1.807, 2.05) is 6.92 Å². The number of nitrogens with zero attached hydrogens (tertiary/aromatic N) is 1. The van der Waals surface area contributed by atoms with Gasteiger partial charge < -0.3 is 4.74 Å². The van der Waals surface area contributed by atoms with Crippen molar-refractivity contribution in [3.8, 4) is 0 Å². The van der Waals surface area contributed by atoms with E-state index in [-0.39, 0.29) is 24.1 Å². The molecule has 2 rings (SSSR count). The van der Waals surface area contributed by atoms with Gasteiger partial charge in [0.2, 0.25) is 0 Å². The molecule has 1 amide bonds. The van der Waals surface area contributed by atoms with Crippen LogP contribution in [0.5, 0.6) is 0 Å².